The number of ether oxygens (including phenoxy) is 2. The smallest absolute Gasteiger partial charge is 0.374 e. The van der Waals surface area contributed by atoms with Gasteiger partial charge in [0, 0.05) is 22.9 Å². The number of fused-ring (bicyclic) bond motifs is 1. The Labute approximate surface area is 233 Å². The van der Waals surface area contributed by atoms with Gasteiger partial charge >= 0.3 is 11.9 Å². The van der Waals surface area contributed by atoms with Crippen LogP contribution in [-0.4, -0.2) is 37.4 Å². The molecule has 2 aromatic carbocycles. The number of carbonyl (C=O) groups is 2. The van der Waals surface area contributed by atoms with Crippen molar-refractivity contribution in [2.45, 2.75) is 81.5 Å². The Bertz CT molecular complexity index is 1310. The maximum absolute atomic E-state index is 12.8. The first-order valence-corrected chi connectivity index (χ1v) is 14.4. The Morgan fingerprint density at radius 2 is 1.72 bits per heavy atom. The zero-order chi connectivity index (χ0) is 28.4. The average molecular weight is 555 g/mol. The minimum atomic E-state index is -0.736. The molecule has 3 rings (SSSR count). The first-order chi connectivity index (χ1) is 18.8. The Morgan fingerprint density at radius 3 is 2.36 bits per heavy atom. The van der Waals surface area contributed by atoms with Gasteiger partial charge in [-0.05, 0) is 55.4 Å². The van der Waals surface area contributed by atoms with Crippen molar-refractivity contribution in [2.75, 3.05) is 14.2 Å². The molecule has 0 radical (unpaired) electrons. The van der Waals surface area contributed by atoms with E-state index in [1.54, 1.807) is 6.07 Å². The number of unbranched alkanes of at least 4 members (excludes halogenated alkanes) is 1. The lowest BCUT2D eigenvalue weighted by molar-refractivity contribution is -0.140. The largest absolute Gasteiger partial charge is 0.469 e. The van der Waals surface area contributed by atoms with Crippen LogP contribution in [0.5, 0.6) is 0 Å². The lowest BCUT2D eigenvalue weighted by atomic mass is 10.00. The van der Waals surface area contributed by atoms with Gasteiger partial charge in [-0.15, -0.1) is 11.8 Å². The number of aliphatic hydroxyl groups is 1. The molecule has 0 spiro atoms. The fourth-order valence-corrected chi connectivity index (χ4v) is 5.87. The summed E-state index contributed by atoms with van der Waals surface area (Å²) in [4.78, 5) is 37.4. The average Bonchev–Trinajstić information content (AvgIpc) is 2.95. The summed E-state index contributed by atoms with van der Waals surface area (Å²) in [7, 11) is 2.60. The van der Waals surface area contributed by atoms with Gasteiger partial charge in [-0.1, -0.05) is 51.0 Å². The first-order valence-electron chi connectivity index (χ1n) is 13.5. The second kappa shape index (κ2) is 14.9. The number of rotatable bonds is 14. The van der Waals surface area contributed by atoms with Gasteiger partial charge in [0.1, 0.15) is 5.58 Å². The summed E-state index contributed by atoms with van der Waals surface area (Å²) in [5.41, 5.74) is 3.09. The summed E-state index contributed by atoms with van der Waals surface area (Å²) in [6, 6.07) is 13.1. The first kappa shape index (κ1) is 30.4. The Kier molecular flexibility index (Phi) is 11.6. The molecule has 0 saturated heterocycles. The van der Waals surface area contributed by atoms with Gasteiger partial charge in [0.2, 0.25) is 5.76 Å². The standard InChI is InChI=1S/C31H38O7S/c1-5-7-10-20-13-15-21(16-14-20)30(24(32)11-8-12-28(34)36-3)39-27-18-17-22-25(33)19-26(31(35)37-4)38-29(22)23(27)9-6-2/h13-19,24,30,32H,5-12H2,1-4H3. The van der Waals surface area contributed by atoms with E-state index in [-0.39, 0.29) is 28.8 Å². The maximum Gasteiger partial charge on any atom is 0.374 e. The molecule has 0 amide bonds. The number of aryl methyl sites for hydroxylation is 2. The lowest BCUT2D eigenvalue weighted by Gasteiger charge is -2.25. The number of esters is 2. The van der Waals surface area contributed by atoms with E-state index in [0.29, 0.717) is 30.2 Å². The van der Waals surface area contributed by atoms with Crippen molar-refractivity contribution in [3.8, 4) is 0 Å². The summed E-state index contributed by atoms with van der Waals surface area (Å²) in [5, 5.41) is 11.4. The molecule has 0 aliphatic carbocycles. The molecule has 3 aromatic rings. The normalized spacial score (nSPS) is 12.7. The molecule has 7 nitrogen and oxygen atoms in total. The van der Waals surface area contributed by atoms with Crippen LogP contribution in [0.25, 0.3) is 11.0 Å². The van der Waals surface area contributed by atoms with Crippen LogP contribution in [0.2, 0.25) is 0 Å². The number of methoxy groups -OCH3 is 2. The van der Waals surface area contributed by atoms with Crippen LogP contribution in [0.1, 0.15) is 84.9 Å². The van der Waals surface area contributed by atoms with Gasteiger partial charge in [-0.25, -0.2) is 4.79 Å². The highest BCUT2D eigenvalue weighted by atomic mass is 32.2. The third kappa shape index (κ3) is 7.96. The van der Waals surface area contributed by atoms with Gasteiger partial charge in [0.25, 0.3) is 0 Å². The second-order valence-corrected chi connectivity index (χ2v) is 10.7. The fourth-order valence-electron chi connectivity index (χ4n) is 4.52. The minimum absolute atomic E-state index is 0.142. The molecular formula is C31H38O7S. The zero-order valence-electron chi connectivity index (χ0n) is 23.2. The molecule has 1 heterocycles. The minimum Gasteiger partial charge on any atom is -0.469 e. The summed E-state index contributed by atoms with van der Waals surface area (Å²) in [6.07, 6.45) is 5.06. The molecule has 0 saturated carbocycles. The van der Waals surface area contributed by atoms with Crippen LogP contribution < -0.4 is 5.43 Å². The van der Waals surface area contributed by atoms with E-state index in [0.717, 1.165) is 47.8 Å². The van der Waals surface area contributed by atoms with Crippen molar-refractivity contribution in [3.63, 3.8) is 0 Å². The van der Waals surface area contributed by atoms with Gasteiger partial charge < -0.3 is 19.0 Å². The monoisotopic (exact) mass is 554 g/mol. The van der Waals surface area contributed by atoms with E-state index in [2.05, 4.69) is 31.2 Å². The van der Waals surface area contributed by atoms with Crippen molar-refractivity contribution in [1.82, 2.24) is 0 Å². The van der Waals surface area contributed by atoms with E-state index < -0.39 is 12.1 Å². The highest BCUT2D eigenvalue weighted by Crippen LogP contribution is 2.42. The number of benzene rings is 2. The molecule has 0 fully saturated rings. The van der Waals surface area contributed by atoms with E-state index >= 15 is 0 Å². The summed E-state index contributed by atoms with van der Waals surface area (Å²) in [6.45, 7) is 4.20. The third-order valence-corrected chi connectivity index (χ3v) is 8.16. The lowest BCUT2D eigenvalue weighted by Crippen LogP contribution is -2.17. The van der Waals surface area contributed by atoms with Crippen molar-refractivity contribution in [3.05, 3.63) is 75.1 Å². The number of thioether (sulfide) groups is 1. The molecule has 0 bridgehead atoms. The maximum atomic E-state index is 12.8. The van der Waals surface area contributed by atoms with Gasteiger partial charge in [0.05, 0.1) is 31.0 Å². The highest BCUT2D eigenvalue weighted by molar-refractivity contribution is 7.99. The molecule has 2 unspecified atom stereocenters. The van der Waals surface area contributed by atoms with Crippen LogP contribution >= 0.6 is 11.8 Å². The van der Waals surface area contributed by atoms with Crippen LogP contribution in [0, 0.1) is 0 Å². The Hall–Kier alpha value is -3.10. The van der Waals surface area contributed by atoms with Crippen LogP contribution in [0.4, 0.5) is 0 Å². The van der Waals surface area contributed by atoms with Crippen molar-refractivity contribution in [1.29, 1.82) is 0 Å². The number of hydrogen-bond donors (Lipinski definition) is 1. The molecule has 2 atom stereocenters. The molecule has 39 heavy (non-hydrogen) atoms. The van der Waals surface area contributed by atoms with Gasteiger partial charge in [-0.2, -0.15) is 0 Å². The van der Waals surface area contributed by atoms with Crippen molar-refractivity contribution in [2.24, 2.45) is 0 Å². The van der Waals surface area contributed by atoms with Crippen molar-refractivity contribution >= 4 is 34.7 Å². The quantitative estimate of drug-likeness (QED) is 0.180. The van der Waals surface area contributed by atoms with Crippen molar-refractivity contribution < 1.29 is 28.6 Å². The molecule has 210 valence electrons. The van der Waals surface area contributed by atoms with E-state index in [4.69, 9.17) is 13.9 Å². The SMILES string of the molecule is CCCCc1ccc(C(Sc2ccc3c(=O)cc(C(=O)OC)oc3c2CCC)C(O)CCCC(=O)OC)cc1. The highest BCUT2D eigenvalue weighted by Gasteiger charge is 2.25. The van der Waals surface area contributed by atoms with Crippen LogP contribution in [-0.2, 0) is 27.1 Å². The van der Waals surface area contributed by atoms with E-state index in [9.17, 15) is 19.5 Å². The topological polar surface area (TPSA) is 103 Å². The number of aliphatic hydroxyl groups excluding tert-OH is 1. The third-order valence-electron chi connectivity index (χ3n) is 6.68. The zero-order valence-corrected chi connectivity index (χ0v) is 24.0. The van der Waals surface area contributed by atoms with Crippen LogP contribution in [0.15, 0.2) is 56.6 Å². The van der Waals surface area contributed by atoms with E-state index in [1.807, 2.05) is 13.0 Å². The summed E-state index contributed by atoms with van der Waals surface area (Å²) >= 11 is 1.50. The molecule has 0 aliphatic rings. The van der Waals surface area contributed by atoms with Gasteiger partial charge in [-0.3, -0.25) is 9.59 Å². The second-order valence-electron chi connectivity index (χ2n) is 9.55. The van der Waals surface area contributed by atoms with Gasteiger partial charge in [0.15, 0.2) is 5.43 Å². The van der Waals surface area contributed by atoms with Crippen LogP contribution in [0.3, 0.4) is 0 Å². The molecule has 0 aliphatic heterocycles. The molecule has 1 N–H and O–H groups in total. The summed E-state index contributed by atoms with van der Waals surface area (Å²) in [5.74, 6) is -1.16. The predicted molar refractivity (Wildman–Crippen MR) is 153 cm³/mol. The fraction of sp³-hybridized carbons (Fsp3) is 0.452. The molecular weight excluding hydrogens is 516 g/mol. The number of hydrogen-bond acceptors (Lipinski definition) is 8. The molecule has 1 aromatic heterocycles. The van der Waals surface area contributed by atoms with E-state index in [1.165, 1.54) is 31.5 Å². The Balaban J connectivity index is 2.03. The summed E-state index contributed by atoms with van der Waals surface area (Å²) < 4.78 is 15.5. The Morgan fingerprint density at radius 1 is 0.974 bits per heavy atom. The number of carbonyl (C=O) groups excluding carboxylic acids is 2. The molecule has 8 heteroatoms. The predicted octanol–water partition coefficient (Wildman–Crippen LogP) is 6.41.